The zero-order valence-corrected chi connectivity index (χ0v) is 16.5. The highest BCUT2D eigenvalue weighted by molar-refractivity contribution is 6.30. The summed E-state index contributed by atoms with van der Waals surface area (Å²) in [5, 5.41) is 23.2. The second kappa shape index (κ2) is 8.35. The van der Waals surface area contributed by atoms with Gasteiger partial charge in [0.05, 0.1) is 18.1 Å². The molecule has 1 amide bonds. The molecule has 30 heavy (non-hydrogen) atoms. The van der Waals surface area contributed by atoms with E-state index >= 15 is 0 Å². The number of phenols is 1. The van der Waals surface area contributed by atoms with Crippen LogP contribution >= 0.6 is 11.6 Å². The average molecular weight is 421 g/mol. The number of phenolic OH excluding ortho intramolecular Hbond substituents is 1. The van der Waals surface area contributed by atoms with Crippen molar-refractivity contribution in [2.24, 2.45) is 10.2 Å². The molecule has 0 aliphatic carbocycles. The van der Waals surface area contributed by atoms with E-state index in [0.29, 0.717) is 21.5 Å². The summed E-state index contributed by atoms with van der Waals surface area (Å²) < 4.78 is 39.4. The number of hydrogen-bond acceptors (Lipinski definition) is 4. The van der Waals surface area contributed by atoms with Crippen LogP contribution in [0.1, 0.15) is 22.8 Å². The van der Waals surface area contributed by atoms with Gasteiger partial charge in [0.1, 0.15) is 5.69 Å². The number of nitrogens with zero attached hydrogens (tertiary/aromatic N) is 2. The zero-order chi connectivity index (χ0) is 25.4. The Balaban J connectivity index is 1.84. The number of aryl methyl sites for hydroxylation is 1. The van der Waals surface area contributed by atoms with Crippen LogP contribution in [0.15, 0.2) is 89.0 Å². The molecule has 0 fully saturated rings. The monoisotopic (exact) mass is 420 g/mol. The Kier molecular flexibility index (Phi) is 3.98. The van der Waals surface area contributed by atoms with Crippen molar-refractivity contribution in [3.8, 4) is 5.75 Å². The Morgan fingerprint density at radius 2 is 1.83 bits per heavy atom. The molecule has 0 saturated heterocycles. The van der Waals surface area contributed by atoms with Crippen molar-refractivity contribution in [1.82, 2.24) is 0 Å². The molecule has 2 N–H and O–H groups in total. The van der Waals surface area contributed by atoms with E-state index in [-0.39, 0.29) is 16.9 Å². The molecule has 0 saturated carbocycles. The number of hydrogen-bond donors (Lipinski definition) is 2. The number of amides is 1. The van der Waals surface area contributed by atoms with Crippen molar-refractivity contribution in [2.75, 3.05) is 5.32 Å². The van der Waals surface area contributed by atoms with Gasteiger partial charge < -0.3 is 10.4 Å². The van der Waals surface area contributed by atoms with Crippen molar-refractivity contribution in [2.45, 2.75) is 6.92 Å². The third kappa shape index (κ3) is 4.02. The first-order valence-electron chi connectivity index (χ1n) is 11.4. The number of halogens is 1. The third-order valence-electron chi connectivity index (χ3n) is 4.41. The molecule has 5 nitrogen and oxygen atoms in total. The first-order valence-corrected chi connectivity index (χ1v) is 9.28. The molecule has 0 heterocycles. The predicted octanol–water partition coefficient (Wildman–Crippen LogP) is 7.17. The lowest BCUT2D eigenvalue weighted by Crippen LogP contribution is -2.13. The second-order valence-corrected chi connectivity index (χ2v) is 6.87. The van der Waals surface area contributed by atoms with Gasteiger partial charge >= 0.3 is 0 Å². The zero-order valence-electron chi connectivity index (χ0n) is 20.7. The average Bonchev–Trinajstić information content (AvgIpc) is 2.84. The normalized spacial score (nSPS) is 13.5. The molecule has 0 spiro atoms. The maximum atomic E-state index is 13.1. The minimum absolute atomic E-state index is 0.0759. The summed E-state index contributed by atoms with van der Waals surface area (Å²) in [5.41, 5.74) is 0.702. The fraction of sp³-hybridized carbons (Fsp3) is 0.0417. The van der Waals surface area contributed by atoms with Gasteiger partial charge in [0, 0.05) is 16.1 Å². The third-order valence-corrected chi connectivity index (χ3v) is 4.65. The van der Waals surface area contributed by atoms with Gasteiger partial charge in [-0.05, 0) is 54.2 Å². The molecule has 0 aliphatic rings. The predicted molar refractivity (Wildman–Crippen MR) is 120 cm³/mol. The Morgan fingerprint density at radius 1 is 1.07 bits per heavy atom. The smallest absolute Gasteiger partial charge is 0.259 e. The lowest BCUT2D eigenvalue weighted by atomic mass is 10.0. The van der Waals surface area contributed by atoms with E-state index in [1.807, 2.05) is 0 Å². The summed E-state index contributed by atoms with van der Waals surface area (Å²) in [5.74, 6) is -1.07. The molecule has 0 radical (unpaired) electrons. The van der Waals surface area contributed by atoms with Crippen LogP contribution < -0.4 is 5.32 Å². The maximum Gasteiger partial charge on any atom is 0.259 e. The van der Waals surface area contributed by atoms with Crippen LogP contribution in [0, 0.1) is 6.92 Å². The summed E-state index contributed by atoms with van der Waals surface area (Å²) in [7, 11) is 0. The SMILES string of the molecule is [2H]c1c([2H])c([2H])c(N=Nc2c(O)c(C(=O)Nc3ccc(Cl)cc3C)cc3ccccc23)c([2H])c1[2H]. The molecule has 0 atom stereocenters. The number of carbonyl (C=O) groups is 1. The maximum absolute atomic E-state index is 13.1. The number of azo groups is 1. The summed E-state index contributed by atoms with van der Waals surface area (Å²) in [6.45, 7) is 1.78. The van der Waals surface area contributed by atoms with E-state index in [1.165, 1.54) is 6.07 Å². The second-order valence-electron chi connectivity index (χ2n) is 6.43. The number of benzene rings is 4. The number of fused-ring (bicyclic) bond motifs is 1. The highest BCUT2D eigenvalue weighted by Crippen LogP contribution is 2.39. The van der Waals surface area contributed by atoms with E-state index in [9.17, 15) is 9.90 Å². The molecule has 148 valence electrons. The minimum atomic E-state index is -0.599. The number of carbonyl (C=O) groups excluding carboxylic acids is 1. The van der Waals surface area contributed by atoms with Crippen LogP contribution in [0.5, 0.6) is 5.75 Å². The fourth-order valence-electron chi connectivity index (χ4n) is 2.94. The van der Waals surface area contributed by atoms with Crippen LogP contribution in [0.2, 0.25) is 5.02 Å². The summed E-state index contributed by atoms with van der Waals surface area (Å²) in [6, 6.07) is 10.6. The van der Waals surface area contributed by atoms with Gasteiger partial charge in [-0.1, -0.05) is 54.0 Å². The van der Waals surface area contributed by atoms with Crippen LogP contribution in [-0.2, 0) is 0 Å². The van der Waals surface area contributed by atoms with E-state index in [0.717, 1.165) is 5.56 Å². The number of aromatic hydroxyl groups is 1. The van der Waals surface area contributed by atoms with Crippen LogP contribution in [0.4, 0.5) is 17.1 Å². The van der Waals surface area contributed by atoms with Crippen molar-refractivity contribution in [3.63, 3.8) is 0 Å². The molecule has 0 aromatic heterocycles. The summed E-state index contributed by atoms with van der Waals surface area (Å²) >= 11 is 5.98. The van der Waals surface area contributed by atoms with Gasteiger partial charge in [-0.2, -0.15) is 5.11 Å². The topological polar surface area (TPSA) is 74.0 Å². The Bertz CT molecular complexity index is 1510. The van der Waals surface area contributed by atoms with Crippen molar-refractivity contribution in [1.29, 1.82) is 0 Å². The molecular weight excluding hydrogens is 398 g/mol. The Morgan fingerprint density at radius 3 is 2.60 bits per heavy atom. The lowest BCUT2D eigenvalue weighted by Gasteiger charge is -2.12. The Hall–Kier alpha value is -3.70. The largest absolute Gasteiger partial charge is 0.505 e. The van der Waals surface area contributed by atoms with E-state index in [4.69, 9.17) is 18.5 Å². The Labute approximate surface area is 185 Å². The number of nitrogens with one attached hydrogen (secondary N) is 1. The quantitative estimate of drug-likeness (QED) is 0.343. The highest BCUT2D eigenvalue weighted by atomic mass is 35.5. The van der Waals surface area contributed by atoms with Gasteiger partial charge in [-0.25, -0.2) is 0 Å². The van der Waals surface area contributed by atoms with Gasteiger partial charge in [-0.15, -0.1) is 5.11 Å². The van der Waals surface area contributed by atoms with Gasteiger partial charge in [0.2, 0.25) is 0 Å². The van der Waals surface area contributed by atoms with Crippen molar-refractivity contribution in [3.05, 3.63) is 94.9 Å². The highest BCUT2D eigenvalue weighted by Gasteiger charge is 2.19. The number of anilines is 1. The number of rotatable bonds is 4. The van der Waals surface area contributed by atoms with Crippen LogP contribution in [0.25, 0.3) is 10.8 Å². The molecule has 0 aliphatic heterocycles. The standard InChI is InChI=1S/C24H18ClN3O2/c1-15-13-17(25)11-12-21(15)26-24(30)20-14-16-7-5-6-10-19(16)22(23(20)29)28-27-18-8-3-2-4-9-18/h2-14,29H,1H3,(H,26,30)/i2D,3D,4D,8D,9D. The molecule has 6 heteroatoms. The van der Waals surface area contributed by atoms with Crippen molar-refractivity contribution < 1.29 is 16.8 Å². The first-order chi connectivity index (χ1) is 16.6. The minimum Gasteiger partial charge on any atom is -0.505 e. The molecular formula is C24H18ClN3O2. The molecule has 4 aromatic rings. The van der Waals surface area contributed by atoms with Crippen molar-refractivity contribution >= 4 is 45.3 Å². The fourth-order valence-corrected chi connectivity index (χ4v) is 3.17. The van der Waals surface area contributed by atoms with Gasteiger partial charge in [0.25, 0.3) is 5.91 Å². The summed E-state index contributed by atoms with van der Waals surface area (Å²) in [4.78, 5) is 13.1. The van der Waals surface area contributed by atoms with Gasteiger partial charge in [0.15, 0.2) is 5.75 Å². The first kappa shape index (κ1) is 14.3. The van der Waals surface area contributed by atoms with E-state index in [1.54, 1.807) is 49.4 Å². The summed E-state index contributed by atoms with van der Waals surface area (Å²) in [6.07, 6.45) is 0. The van der Waals surface area contributed by atoms with Crippen LogP contribution in [-0.4, -0.2) is 11.0 Å². The lowest BCUT2D eigenvalue weighted by molar-refractivity contribution is 0.102. The molecule has 0 unspecified atom stereocenters. The van der Waals surface area contributed by atoms with Crippen LogP contribution in [0.3, 0.4) is 0 Å². The van der Waals surface area contributed by atoms with Gasteiger partial charge in [-0.3, -0.25) is 4.79 Å². The molecule has 4 aromatic carbocycles. The molecule has 0 bridgehead atoms. The molecule has 4 rings (SSSR count). The van der Waals surface area contributed by atoms with E-state index in [2.05, 4.69) is 15.5 Å². The van der Waals surface area contributed by atoms with E-state index < -0.39 is 41.9 Å².